The average molecular weight is 320 g/mol. The molecule has 0 atom stereocenters. The first-order valence-corrected chi connectivity index (χ1v) is 7.90. The maximum Gasteiger partial charge on any atom is 0.409 e. The lowest BCUT2D eigenvalue weighted by Gasteiger charge is -2.30. The zero-order chi connectivity index (χ0) is 16.8. The minimum Gasteiger partial charge on any atom is -0.491 e. The number of methoxy groups -OCH3 is 1. The smallest absolute Gasteiger partial charge is 0.409 e. The third kappa shape index (κ3) is 4.87. The highest BCUT2D eigenvalue weighted by molar-refractivity contribution is 5.92. The van der Waals surface area contributed by atoms with Crippen LogP contribution in [0, 0.1) is 5.92 Å². The molecular weight excluding hydrogens is 296 g/mol. The molecule has 0 aliphatic carbocycles. The van der Waals surface area contributed by atoms with Crippen molar-refractivity contribution in [1.82, 2.24) is 4.90 Å². The molecule has 0 bridgehead atoms. The number of ether oxygens (including phenoxy) is 2. The quantitative estimate of drug-likeness (QED) is 0.926. The summed E-state index contributed by atoms with van der Waals surface area (Å²) < 4.78 is 10.3. The predicted octanol–water partition coefficient (Wildman–Crippen LogP) is 2.89. The Labute approximate surface area is 136 Å². The lowest BCUT2D eigenvalue weighted by molar-refractivity contribution is -0.121. The second-order valence-electron chi connectivity index (χ2n) is 5.91. The highest BCUT2D eigenvalue weighted by Gasteiger charge is 2.27. The van der Waals surface area contributed by atoms with Gasteiger partial charge >= 0.3 is 6.09 Å². The molecule has 0 unspecified atom stereocenters. The van der Waals surface area contributed by atoms with Gasteiger partial charge in [-0.3, -0.25) is 4.79 Å². The molecule has 1 saturated heterocycles. The number of benzene rings is 1. The van der Waals surface area contributed by atoms with Crippen molar-refractivity contribution in [2.24, 2.45) is 5.92 Å². The topological polar surface area (TPSA) is 67.9 Å². The summed E-state index contributed by atoms with van der Waals surface area (Å²) in [6.45, 7) is 5.03. The van der Waals surface area contributed by atoms with Gasteiger partial charge in [-0.1, -0.05) is 0 Å². The number of nitrogens with zero attached hydrogens (tertiary/aromatic N) is 1. The van der Waals surface area contributed by atoms with Crippen LogP contribution in [0.3, 0.4) is 0 Å². The molecule has 0 spiro atoms. The van der Waals surface area contributed by atoms with Gasteiger partial charge in [-0.05, 0) is 51.0 Å². The van der Waals surface area contributed by atoms with Crippen LogP contribution in [-0.2, 0) is 9.53 Å². The molecule has 1 aliphatic rings. The number of anilines is 1. The van der Waals surface area contributed by atoms with Crippen LogP contribution >= 0.6 is 0 Å². The monoisotopic (exact) mass is 320 g/mol. The van der Waals surface area contributed by atoms with E-state index in [0.29, 0.717) is 25.9 Å². The van der Waals surface area contributed by atoms with Crippen molar-refractivity contribution in [3.8, 4) is 5.75 Å². The van der Waals surface area contributed by atoms with E-state index in [2.05, 4.69) is 5.32 Å². The van der Waals surface area contributed by atoms with Gasteiger partial charge in [-0.25, -0.2) is 4.79 Å². The summed E-state index contributed by atoms with van der Waals surface area (Å²) in [7, 11) is 1.37. The van der Waals surface area contributed by atoms with Gasteiger partial charge in [0.25, 0.3) is 0 Å². The summed E-state index contributed by atoms with van der Waals surface area (Å²) in [6, 6.07) is 7.35. The van der Waals surface area contributed by atoms with Crippen LogP contribution in [0.15, 0.2) is 24.3 Å². The number of piperidine rings is 1. The number of carbonyl (C=O) groups is 2. The second-order valence-corrected chi connectivity index (χ2v) is 5.91. The molecule has 2 amide bonds. The largest absolute Gasteiger partial charge is 0.491 e. The van der Waals surface area contributed by atoms with Crippen LogP contribution in [-0.4, -0.2) is 43.2 Å². The van der Waals surface area contributed by atoms with E-state index in [0.717, 1.165) is 11.4 Å². The van der Waals surface area contributed by atoms with E-state index in [9.17, 15) is 9.59 Å². The third-order valence-electron chi connectivity index (χ3n) is 3.79. The van der Waals surface area contributed by atoms with E-state index < -0.39 is 0 Å². The van der Waals surface area contributed by atoms with Crippen molar-refractivity contribution in [3.63, 3.8) is 0 Å². The molecule has 23 heavy (non-hydrogen) atoms. The Bertz CT molecular complexity index is 534. The number of hydrogen-bond donors (Lipinski definition) is 1. The third-order valence-corrected chi connectivity index (χ3v) is 3.79. The number of hydrogen-bond acceptors (Lipinski definition) is 4. The van der Waals surface area contributed by atoms with Crippen molar-refractivity contribution in [2.75, 3.05) is 25.5 Å². The molecule has 1 aliphatic heterocycles. The Morgan fingerprint density at radius 1 is 1.17 bits per heavy atom. The van der Waals surface area contributed by atoms with E-state index in [1.165, 1.54) is 7.11 Å². The molecule has 6 heteroatoms. The summed E-state index contributed by atoms with van der Waals surface area (Å²) in [4.78, 5) is 25.4. The zero-order valence-corrected chi connectivity index (χ0v) is 13.9. The van der Waals surface area contributed by atoms with Crippen LogP contribution in [0.25, 0.3) is 0 Å². The Balaban J connectivity index is 1.84. The van der Waals surface area contributed by atoms with Crippen LogP contribution < -0.4 is 10.1 Å². The summed E-state index contributed by atoms with van der Waals surface area (Å²) in [5.74, 6) is 0.693. The molecule has 0 saturated carbocycles. The molecule has 1 fully saturated rings. The van der Waals surface area contributed by atoms with Crippen molar-refractivity contribution < 1.29 is 19.1 Å². The van der Waals surface area contributed by atoms with E-state index in [1.54, 1.807) is 4.90 Å². The maximum absolute atomic E-state index is 12.3. The lowest BCUT2D eigenvalue weighted by atomic mass is 9.96. The van der Waals surface area contributed by atoms with Gasteiger partial charge < -0.3 is 19.7 Å². The minimum atomic E-state index is -0.329. The first-order valence-electron chi connectivity index (χ1n) is 7.90. The number of likely N-dealkylation sites (tertiary alicyclic amines) is 1. The molecule has 0 radical (unpaired) electrons. The first-order chi connectivity index (χ1) is 11.0. The number of nitrogens with one attached hydrogen (secondary N) is 1. The Morgan fingerprint density at radius 3 is 2.30 bits per heavy atom. The molecule has 1 heterocycles. The normalized spacial score (nSPS) is 15.4. The van der Waals surface area contributed by atoms with Crippen LogP contribution in [0.5, 0.6) is 5.75 Å². The first kappa shape index (κ1) is 17.1. The minimum absolute atomic E-state index is 0.00737. The summed E-state index contributed by atoms with van der Waals surface area (Å²) >= 11 is 0. The number of amides is 2. The number of carbonyl (C=O) groups excluding carboxylic acids is 2. The van der Waals surface area contributed by atoms with Gasteiger partial charge in [0.1, 0.15) is 5.75 Å². The second kappa shape index (κ2) is 7.85. The standard InChI is InChI=1S/C17H24N2O4/c1-12(2)23-15-6-4-14(5-7-15)18-16(20)13-8-10-19(11-9-13)17(21)22-3/h4-7,12-13H,8-11H2,1-3H3,(H,18,20). The SMILES string of the molecule is COC(=O)N1CCC(C(=O)Nc2ccc(OC(C)C)cc2)CC1. The summed E-state index contributed by atoms with van der Waals surface area (Å²) in [5.41, 5.74) is 0.751. The molecule has 1 N–H and O–H groups in total. The van der Waals surface area contributed by atoms with Crippen LogP contribution in [0.2, 0.25) is 0 Å². The lowest BCUT2D eigenvalue weighted by Crippen LogP contribution is -2.41. The molecule has 126 valence electrons. The molecule has 0 aromatic heterocycles. The van der Waals surface area contributed by atoms with Gasteiger partial charge in [0, 0.05) is 24.7 Å². The fraction of sp³-hybridized carbons (Fsp3) is 0.529. The molecule has 6 nitrogen and oxygen atoms in total. The fourth-order valence-corrected chi connectivity index (χ4v) is 2.59. The molecular formula is C17H24N2O4. The zero-order valence-electron chi connectivity index (χ0n) is 13.9. The van der Waals surface area contributed by atoms with E-state index >= 15 is 0 Å². The van der Waals surface area contributed by atoms with Crippen LogP contribution in [0.1, 0.15) is 26.7 Å². The van der Waals surface area contributed by atoms with Gasteiger partial charge in [0.2, 0.25) is 5.91 Å². The Kier molecular flexibility index (Phi) is 5.84. The average Bonchev–Trinajstić information content (AvgIpc) is 2.55. The maximum atomic E-state index is 12.3. The molecule has 2 rings (SSSR count). The summed E-state index contributed by atoms with van der Waals surface area (Å²) in [6.07, 6.45) is 1.09. The fourth-order valence-electron chi connectivity index (χ4n) is 2.59. The van der Waals surface area contributed by atoms with Gasteiger partial charge in [-0.15, -0.1) is 0 Å². The Morgan fingerprint density at radius 2 is 1.78 bits per heavy atom. The van der Waals surface area contributed by atoms with Gasteiger partial charge in [-0.2, -0.15) is 0 Å². The van der Waals surface area contributed by atoms with Crippen LogP contribution in [0.4, 0.5) is 10.5 Å². The van der Waals surface area contributed by atoms with E-state index in [4.69, 9.17) is 9.47 Å². The van der Waals surface area contributed by atoms with Crippen molar-refractivity contribution in [3.05, 3.63) is 24.3 Å². The summed E-state index contributed by atoms with van der Waals surface area (Å²) in [5, 5.41) is 2.92. The Hall–Kier alpha value is -2.24. The number of rotatable bonds is 4. The molecule has 1 aromatic rings. The van der Waals surface area contributed by atoms with Crippen molar-refractivity contribution >= 4 is 17.7 Å². The van der Waals surface area contributed by atoms with Gasteiger partial charge in [0.05, 0.1) is 13.2 Å². The van der Waals surface area contributed by atoms with Crippen molar-refractivity contribution in [2.45, 2.75) is 32.8 Å². The highest BCUT2D eigenvalue weighted by Crippen LogP contribution is 2.21. The molecule has 1 aromatic carbocycles. The van der Waals surface area contributed by atoms with E-state index in [1.807, 2.05) is 38.1 Å². The predicted molar refractivity (Wildman–Crippen MR) is 87.5 cm³/mol. The van der Waals surface area contributed by atoms with Crippen molar-refractivity contribution in [1.29, 1.82) is 0 Å². The van der Waals surface area contributed by atoms with Gasteiger partial charge in [0.15, 0.2) is 0 Å². The highest BCUT2D eigenvalue weighted by atomic mass is 16.5. The van der Waals surface area contributed by atoms with E-state index in [-0.39, 0.29) is 24.0 Å².